The number of hydrogen-bond donors (Lipinski definition) is 3. The molecule has 0 aromatic heterocycles. The number of ether oxygens (including phenoxy) is 1. The summed E-state index contributed by atoms with van der Waals surface area (Å²) in [6, 6.07) is -0.232. The molecule has 0 aliphatic carbocycles. The maximum Gasteiger partial charge on any atom is 0.332 e. The molecule has 92 valence electrons. The Morgan fingerprint density at radius 3 is 2.69 bits per heavy atom. The van der Waals surface area contributed by atoms with Crippen molar-refractivity contribution in [1.29, 1.82) is 0 Å². The van der Waals surface area contributed by atoms with Crippen LogP contribution >= 0.6 is 0 Å². The number of nitrogens with one attached hydrogen (secondary N) is 2. The molecule has 1 aliphatic heterocycles. The quantitative estimate of drug-likeness (QED) is 0.635. The number of carbonyl (C=O) groups excluding carboxylic acids is 1. The molecule has 2 amide bonds. The van der Waals surface area contributed by atoms with Crippen LogP contribution in [0.25, 0.3) is 0 Å². The third kappa shape index (κ3) is 4.06. The summed E-state index contributed by atoms with van der Waals surface area (Å²) in [5.41, 5.74) is 0. The van der Waals surface area contributed by atoms with Crippen LogP contribution in [0.5, 0.6) is 0 Å². The molecule has 1 aliphatic rings. The molecule has 6 heteroatoms. The summed E-state index contributed by atoms with van der Waals surface area (Å²) in [4.78, 5) is 21.8. The van der Waals surface area contributed by atoms with E-state index in [1.54, 1.807) is 0 Å². The number of urea groups is 1. The van der Waals surface area contributed by atoms with E-state index in [1.165, 1.54) is 0 Å². The van der Waals surface area contributed by atoms with Crippen molar-refractivity contribution in [3.8, 4) is 0 Å². The van der Waals surface area contributed by atoms with Gasteiger partial charge in [0.05, 0.1) is 6.10 Å². The van der Waals surface area contributed by atoms with Crippen molar-refractivity contribution in [2.45, 2.75) is 38.4 Å². The standard InChI is InChI=1S/C10H18N2O4/c1-2-5-11-10(15)12-6-7-3-4-8(16-7)9(13)14/h7-8H,2-6H2,1H3,(H,13,14)(H2,11,12,15). The molecule has 0 aromatic carbocycles. The number of aliphatic carboxylic acids is 1. The van der Waals surface area contributed by atoms with E-state index in [9.17, 15) is 9.59 Å². The van der Waals surface area contributed by atoms with E-state index in [1.807, 2.05) is 6.92 Å². The van der Waals surface area contributed by atoms with Gasteiger partial charge in [0, 0.05) is 13.1 Å². The van der Waals surface area contributed by atoms with Crippen LogP contribution in [-0.4, -0.2) is 42.4 Å². The average molecular weight is 230 g/mol. The zero-order chi connectivity index (χ0) is 12.0. The van der Waals surface area contributed by atoms with Crippen LogP contribution in [0.3, 0.4) is 0 Å². The molecule has 1 saturated heterocycles. The molecule has 2 atom stereocenters. The zero-order valence-electron chi connectivity index (χ0n) is 9.36. The predicted molar refractivity (Wildman–Crippen MR) is 57.2 cm³/mol. The fourth-order valence-electron chi connectivity index (χ4n) is 1.55. The fraction of sp³-hybridized carbons (Fsp3) is 0.800. The van der Waals surface area contributed by atoms with Crippen molar-refractivity contribution in [3.63, 3.8) is 0 Å². The Labute approximate surface area is 94.3 Å². The van der Waals surface area contributed by atoms with Crippen LogP contribution in [-0.2, 0) is 9.53 Å². The number of amides is 2. The van der Waals surface area contributed by atoms with Crippen molar-refractivity contribution in [1.82, 2.24) is 10.6 Å². The third-order valence-corrected chi connectivity index (χ3v) is 2.41. The van der Waals surface area contributed by atoms with Gasteiger partial charge in [-0.2, -0.15) is 0 Å². The summed E-state index contributed by atoms with van der Waals surface area (Å²) in [5, 5.41) is 14.0. The van der Waals surface area contributed by atoms with E-state index in [0.717, 1.165) is 6.42 Å². The fourth-order valence-corrected chi connectivity index (χ4v) is 1.55. The van der Waals surface area contributed by atoms with Crippen molar-refractivity contribution < 1.29 is 19.4 Å². The van der Waals surface area contributed by atoms with Gasteiger partial charge < -0.3 is 20.5 Å². The van der Waals surface area contributed by atoms with Gasteiger partial charge in [-0.05, 0) is 19.3 Å². The number of carboxylic acid groups (broad SMARTS) is 1. The summed E-state index contributed by atoms with van der Waals surface area (Å²) in [7, 11) is 0. The molecule has 1 rings (SSSR count). The van der Waals surface area contributed by atoms with Crippen LogP contribution in [0.15, 0.2) is 0 Å². The molecule has 1 heterocycles. The van der Waals surface area contributed by atoms with Gasteiger partial charge in [0.15, 0.2) is 6.10 Å². The molecule has 0 saturated carbocycles. The lowest BCUT2D eigenvalue weighted by Crippen LogP contribution is -2.40. The molecule has 16 heavy (non-hydrogen) atoms. The minimum Gasteiger partial charge on any atom is -0.479 e. The highest BCUT2D eigenvalue weighted by molar-refractivity contribution is 5.74. The van der Waals surface area contributed by atoms with Crippen LogP contribution in [0.4, 0.5) is 4.79 Å². The molecule has 1 fully saturated rings. The van der Waals surface area contributed by atoms with E-state index >= 15 is 0 Å². The zero-order valence-corrected chi connectivity index (χ0v) is 9.36. The lowest BCUT2D eigenvalue weighted by Gasteiger charge is -2.12. The van der Waals surface area contributed by atoms with Crippen LogP contribution < -0.4 is 10.6 Å². The molecular formula is C10H18N2O4. The van der Waals surface area contributed by atoms with Gasteiger partial charge in [0.2, 0.25) is 0 Å². The molecule has 0 bridgehead atoms. The van der Waals surface area contributed by atoms with Crippen molar-refractivity contribution in [3.05, 3.63) is 0 Å². The molecule has 0 aromatic rings. The summed E-state index contributed by atoms with van der Waals surface area (Å²) in [6.07, 6.45) is 1.16. The smallest absolute Gasteiger partial charge is 0.332 e. The second-order valence-corrected chi connectivity index (χ2v) is 3.80. The topological polar surface area (TPSA) is 87.7 Å². The number of carboxylic acids is 1. The van der Waals surface area contributed by atoms with E-state index in [4.69, 9.17) is 9.84 Å². The number of hydrogen-bond acceptors (Lipinski definition) is 3. The highest BCUT2D eigenvalue weighted by atomic mass is 16.5. The number of carbonyl (C=O) groups is 2. The molecular weight excluding hydrogens is 212 g/mol. The number of rotatable bonds is 5. The average Bonchev–Trinajstić information content (AvgIpc) is 2.72. The lowest BCUT2D eigenvalue weighted by atomic mass is 10.2. The maximum atomic E-state index is 11.2. The Hall–Kier alpha value is -1.30. The first-order valence-electron chi connectivity index (χ1n) is 5.53. The van der Waals surface area contributed by atoms with Gasteiger partial charge in [-0.3, -0.25) is 0 Å². The Morgan fingerprint density at radius 1 is 1.38 bits per heavy atom. The third-order valence-electron chi connectivity index (χ3n) is 2.41. The van der Waals surface area contributed by atoms with Crippen LogP contribution in [0, 0.1) is 0 Å². The molecule has 3 N–H and O–H groups in total. The van der Waals surface area contributed by atoms with Crippen LogP contribution in [0.2, 0.25) is 0 Å². The molecule has 0 spiro atoms. The summed E-state index contributed by atoms with van der Waals surface area (Å²) in [6.45, 7) is 2.96. The van der Waals surface area contributed by atoms with E-state index < -0.39 is 12.1 Å². The molecule has 2 unspecified atom stereocenters. The normalized spacial score (nSPS) is 24.1. The minimum atomic E-state index is -0.932. The van der Waals surface area contributed by atoms with Gasteiger partial charge in [-0.15, -0.1) is 0 Å². The second kappa shape index (κ2) is 6.32. The van der Waals surface area contributed by atoms with Gasteiger partial charge >= 0.3 is 12.0 Å². The van der Waals surface area contributed by atoms with Gasteiger partial charge in [0.1, 0.15) is 0 Å². The summed E-state index contributed by atoms with van der Waals surface area (Å²) >= 11 is 0. The summed E-state index contributed by atoms with van der Waals surface area (Å²) < 4.78 is 5.24. The predicted octanol–water partition coefficient (Wildman–Crippen LogP) is 0.328. The monoisotopic (exact) mass is 230 g/mol. The second-order valence-electron chi connectivity index (χ2n) is 3.80. The van der Waals surface area contributed by atoms with E-state index in [0.29, 0.717) is 25.9 Å². The van der Waals surface area contributed by atoms with Gasteiger partial charge in [0.25, 0.3) is 0 Å². The molecule has 6 nitrogen and oxygen atoms in total. The Kier molecular flexibility index (Phi) is 5.04. The van der Waals surface area contributed by atoms with Crippen molar-refractivity contribution >= 4 is 12.0 Å². The minimum absolute atomic E-state index is 0.187. The highest BCUT2D eigenvalue weighted by Gasteiger charge is 2.30. The van der Waals surface area contributed by atoms with Crippen LogP contribution in [0.1, 0.15) is 26.2 Å². The SMILES string of the molecule is CCCNC(=O)NCC1CCC(C(=O)O)O1. The Balaban J connectivity index is 2.15. The Bertz CT molecular complexity index is 257. The van der Waals surface area contributed by atoms with E-state index in [-0.39, 0.29) is 12.1 Å². The first kappa shape index (κ1) is 12.8. The van der Waals surface area contributed by atoms with Crippen molar-refractivity contribution in [2.24, 2.45) is 0 Å². The van der Waals surface area contributed by atoms with E-state index in [2.05, 4.69) is 10.6 Å². The largest absolute Gasteiger partial charge is 0.479 e. The first-order valence-corrected chi connectivity index (χ1v) is 5.53. The summed E-state index contributed by atoms with van der Waals surface area (Å²) in [5.74, 6) is -0.932. The highest BCUT2D eigenvalue weighted by Crippen LogP contribution is 2.18. The van der Waals surface area contributed by atoms with Gasteiger partial charge in [-0.25, -0.2) is 9.59 Å². The first-order chi connectivity index (χ1) is 7.63. The molecule has 0 radical (unpaired) electrons. The van der Waals surface area contributed by atoms with Gasteiger partial charge in [-0.1, -0.05) is 6.92 Å². The maximum absolute atomic E-state index is 11.2. The van der Waals surface area contributed by atoms with Crippen molar-refractivity contribution in [2.75, 3.05) is 13.1 Å². The Morgan fingerprint density at radius 2 is 2.12 bits per heavy atom. The lowest BCUT2D eigenvalue weighted by molar-refractivity contribution is -0.149.